The summed E-state index contributed by atoms with van der Waals surface area (Å²) in [5.74, 6) is -0.958. The molecule has 3 aliphatic rings. The Bertz CT molecular complexity index is 2350. The fourth-order valence-corrected chi connectivity index (χ4v) is 9.58. The van der Waals surface area contributed by atoms with Crippen LogP contribution in [0.25, 0.3) is 10.9 Å². The second-order valence-electron chi connectivity index (χ2n) is 18.5. The summed E-state index contributed by atoms with van der Waals surface area (Å²) in [5, 5.41) is 10.4. The highest BCUT2D eigenvalue weighted by atomic mass is 32.2. The molecule has 6 rings (SSSR count). The Morgan fingerprint density at radius 2 is 1.71 bits per heavy atom. The number of para-hydroxylation sites is 1. The third kappa shape index (κ3) is 11.5. The molecule has 19 heteroatoms. The van der Waals surface area contributed by atoms with Crippen LogP contribution < -0.4 is 34.3 Å². The van der Waals surface area contributed by atoms with Gasteiger partial charge in [-0.05, 0) is 76.6 Å². The maximum atomic E-state index is 14.8. The zero-order chi connectivity index (χ0) is 46.1. The first kappa shape index (κ1) is 47.2. The second-order valence-corrected chi connectivity index (χ2v) is 20.8. The highest BCUT2D eigenvalue weighted by Crippen LogP contribution is 2.47. The fraction of sp³-hybridized carbons (Fsp3) is 0.545. The van der Waals surface area contributed by atoms with E-state index in [0.717, 1.165) is 5.17 Å². The number of benzene rings is 2. The molecule has 1 saturated carbocycles. The number of aliphatic imine (C=N–C) groups is 1. The minimum absolute atomic E-state index is 0.00533. The first-order chi connectivity index (χ1) is 29.5. The number of ether oxygens (including phenoxy) is 3. The summed E-state index contributed by atoms with van der Waals surface area (Å²) in [6.45, 7) is 16.3. The van der Waals surface area contributed by atoms with Gasteiger partial charge < -0.3 is 39.2 Å². The summed E-state index contributed by atoms with van der Waals surface area (Å²) >= 11 is 1.60. The van der Waals surface area contributed by atoms with Crippen molar-refractivity contribution >= 4 is 62.0 Å². The Hall–Kier alpha value is -5.30. The van der Waals surface area contributed by atoms with Gasteiger partial charge >= 0.3 is 16.4 Å². The van der Waals surface area contributed by atoms with E-state index in [9.17, 15) is 27.6 Å². The average Bonchev–Trinajstić information content (AvgIpc) is 3.45. The van der Waals surface area contributed by atoms with E-state index in [2.05, 4.69) is 16.0 Å². The van der Waals surface area contributed by atoms with Crippen LogP contribution in [0.5, 0.6) is 17.2 Å². The molecule has 4 amide bonds. The van der Waals surface area contributed by atoms with Crippen molar-refractivity contribution in [3.8, 4) is 17.2 Å². The van der Waals surface area contributed by atoms with Crippen molar-refractivity contribution in [1.82, 2.24) is 30.6 Å². The van der Waals surface area contributed by atoms with Gasteiger partial charge in [-0.3, -0.25) is 24.4 Å². The normalized spacial score (nSPS) is 22.8. The number of hydrogen-bond donors (Lipinski definition) is 4. The van der Waals surface area contributed by atoms with Crippen LogP contribution in [0.15, 0.2) is 59.6 Å². The van der Waals surface area contributed by atoms with Gasteiger partial charge in [0.05, 0.1) is 24.9 Å². The van der Waals surface area contributed by atoms with Crippen molar-refractivity contribution in [3.63, 3.8) is 0 Å². The molecule has 6 atom stereocenters. The smallest absolute Gasteiger partial charge is 0.409 e. The maximum absolute atomic E-state index is 14.8. The molecule has 1 saturated heterocycles. The number of aromatic nitrogens is 1. The summed E-state index contributed by atoms with van der Waals surface area (Å²) in [6.07, 6.45) is -0.997. The van der Waals surface area contributed by atoms with Gasteiger partial charge in [0, 0.05) is 35.7 Å². The minimum atomic E-state index is -4.64. The van der Waals surface area contributed by atoms with E-state index in [4.69, 9.17) is 28.4 Å². The number of methoxy groups -OCH3 is 1. The zero-order valence-corrected chi connectivity index (χ0v) is 39.1. The quantitative estimate of drug-likeness (QED) is 0.160. The molecule has 1 unspecified atom stereocenters. The van der Waals surface area contributed by atoms with Gasteiger partial charge in [-0.2, -0.15) is 8.42 Å². The number of amidine groups is 1. The first-order valence-electron chi connectivity index (χ1n) is 21.1. The standard InChI is InChI=1S/C44H59N7O10S2/c1-11-26-22-44(26,39(54)50-63(56,57)61-27-15-13-12-14-16-27)49-37(52)34-20-29(23-51(34)38(53)36(42(4,5)6)48-41(55)60-43(7,8)9)59-35-21-32(33-24-62-40(47-33)45-25(2)3)46-31-19-28(58-10)17-18-30(31)35/h12-19,21,25-26,29,33-34,36H,11,20,22-24H2,1-10H3,(H,45,47)(H,48,55)(H,49,52)(H,50,54)/t26-,29-,33?,34+,36-,44-/m1/s1. The molecule has 3 heterocycles. The number of rotatable bonds is 14. The van der Waals surface area contributed by atoms with Crippen molar-refractivity contribution < 1.29 is 46.0 Å². The fourth-order valence-electron chi connectivity index (χ4n) is 7.68. The largest absolute Gasteiger partial charge is 0.497 e. The average molecular weight is 910 g/mol. The highest BCUT2D eigenvalue weighted by Gasteiger charge is 2.62. The summed E-state index contributed by atoms with van der Waals surface area (Å²) in [4.78, 5) is 67.7. The summed E-state index contributed by atoms with van der Waals surface area (Å²) in [6, 6.07) is 12.5. The van der Waals surface area contributed by atoms with E-state index in [1.165, 1.54) is 17.0 Å². The molecule has 2 aromatic carbocycles. The number of thioether (sulfide) groups is 1. The van der Waals surface area contributed by atoms with Crippen molar-refractivity contribution in [1.29, 1.82) is 0 Å². The lowest BCUT2D eigenvalue weighted by molar-refractivity contribution is -0.143. The molecule has 4 N–H and O–H groups in total. The molecule has 17 nitrogen and oxygen atoms in total. The first-order valence-corrected chi connectivity index (χ1v) is 23.5. The lowest BCUT2D eigenvalue weighted by Gasteiger charge is -2.36. The van der Waals surface area contributed by atoms with Crippen LogP contribution in [0.1, 0.15) is 93.3 Å². The van der Waals surface area contributed by atoms with Gasteiger partial charge in [0.1, 0.15) is 52.6 Å². The maximum Gasteiger partial charge on any atom is 0.409 e. The van der Waals surface area contributed by atoms with Crippen LogP contribution in [-0.4, -0.2) is 102 Å². The highest BCUT2D eigenvalue weighted by molar-refractivity contribution is 8.14. The van der Waals surface area contributed by atoms with Crippen LogP contribution >= 0.6 is 11.8 Å². The predicted octanol–water partition coefficient (Wildman–Crippen LogP) is 5.40. The van der Waals surface area contributed by atoms with Gasteiger partial charge in [-0.25, -0.2) is 9.52 Å². The third-order valence-corrected chi connectivity index (χ3v) is 12.7. The number of pyridine rings is 1. The number of hydrogen-bond acceptors (Lipinski definition) is 14. The Kier molecular flexibility index (Phi) is 13.8. The zero-order valence-electron chi connectivity index (χ0n) is 37.4. The molecule has 0 spiro atoms. The van der Waals surface area contributed by atoms with E-state index < -0.39 is 74.8 Å². The molecule has 342 valence electrons. The minimum Gasteiger partial charge on any atom is -0.497 e. The Labute approximate surface area is 373 Å². The van der Waals surface area contributed by atoms with E-state index >= 15 is 0 Å². The van der Waals surface area contributed by atoms with E-state index in [0.29, 0.717) is 40.3 Å². The monoisotopic (exact) mass is 909 g/mol. The number of alkyl carbamates (subject to hydrolysis) is 1. The molecule has 2 fully saturated rings. The van der Waals surface area contributed by atoms with Crippen molar-refractivity contribution in [2.24, 2.45) is 16.3 Å². The van der Waals surface area contributed by atoms with Crippen LogP contribution in [0.2, 0.25) is 0 Å². The lowest BCUT2D eigenvalue weighted by atomic mass is 9.85. The van der Waals surface area contributed by atoms with Crippen molar-refractivity contribution in [3.05, 3.63) is 60.3 Å². The number of carbonyl (C=O) groups excluding carboxylic acids is 4. The topological polar surface area (TPSA) is 216 Å². The van der Waals surface area contributed by atoms with E-state index in [1.807, 2.05) is 37.6 Å². The number of amides is 4. The van der Waals surface area contributed by atoms with Gasteiger partial charge in [0.2, 0.25) is 11.8 Å². The molecule has 3 aromatic rings. The molecular weight excluding hydrogens is 851 g/mol. The Morgan fingerprint density at radius 3 is 2.33 bits per heavy atom. The van der Waals surface area contributed by atoms with Crippen LogP contribution in [0.3, 0.4) is 0 Å². The Balaban J connectivity index is 1.33. The summed E-state index contributed by atoms with van der Waals surface area (Å²) in [7, 11) is -3.07. The molecule has 0 bridgehead atoms. The predicted molar refractivity (Wildman–Crippen MR) is 240 cm³/mol. The molecule has 0 radical (unpaired) electrons. The van der Waals surface area contributed by atoms with Crippen LogP contribution in [0.4, 0.5) is 4.79 Å². The SMILES string of the molecule is CC[C@@H]1C[C@]1(NC(=O)[C@@H]1C[C@@H](Oc2cc(C3CSC(NC(C)C)=N3)nc3cc(OC)ccc23)CN1C(=O)[C@@H](NC(=O)OC(C)(C)C)C(C)(C)C)C(=O)NS(=O)(=O)Oc1ccccc1. The molecule has 63 heavy (non-hydrogen) atoms. The van der Waals surface area contributed by atoms with Gasteiger partial charge in [-0.15, -0.1) is 0 Å². The third-order valence-electron chi connectivity index (χ3n) is 10.8. The summed E-state index contributed by atoms with van der Waals surface area (Å²) < 4.78 is 50.9. The lowest BCUT2D eigenvalue weighted by Crippen LogP contribution is -2.60. The van der Waals surface area contributed by atoms with Crippen LogP contribution in [0, 0.1) is 11.3 Å². The van der Waals surface area contributed by atoms with Gasteiger partial charge in [-0.1, -0.05) is 64.1 Å². The number of likely N-dealkylation sites (tertiary alicyclic amines) is 1. The van der Waals surface area contributed by atoms with E-state index in [1.54, 1.807) is 90.7 Å². The number of carbonyl (C=O) groups is 4. The number of fused-ring (bicyclic) bond motifs is 1. The molecular formula is C44H59N7O10S2. The van der Waals surface area contributed by atoms with Gasteiger partial charge in [0.15, 0.2) is 5.17 Å². The van der Waals surface area contributed by atoms with Gasteiger partial charge in [0.25, 0.3) is 5.91 Å². The Morgan fingerprint density at radius 1 is 1.00 bits per heavy atom. The van der Waals surface area contributed by atoms with Crippen molar-refractivity contribution in [2.45, 2.75) is 123 Å². The van der Waals surface area contributed by atoms with E-state index in [-0.39, 0.29) is 37.2 Å². The molecule has 1 aliphatic carbocycles. The second kappa shape index (κ2) is 18.4. The van der Waals surface area contributed by atoms with Crippen LogP contribution in [-0.2, 0) is 29.4 Å². The number of nitrogens with zero attached hydrogens (tertiary/aromatic N) is 3. The van der Waals surface area contributed by atoms with Crippen molar-refractivity contribution in [2.75, 3.05) is 19.4 Å². The molecule has 1 aromatic heterocycles. The number of nitrogens with one attached hydrogen (secondary N) is 4. The summed E-state index contributed by atoms with van der Waals surface area (Å²) in [5.41, 5.74) is -2.06. The molecule has 2 aliphatic heterocycles.